The van der Waals surface area contributed by atoms with Crippen LogP contribution in [0.25, 0.3) is 5.70 Å². The average molecular weight is 656 g/mol. The number of hydrogen-bond acceptors (Lipinski definition) is 9. The van der Waals surface area contributed by atoms with Gasteiger partial charge < -0.3 is 41.6 Å². The lowest BCUT2D eigenvalue weighted by atomic mass is 10.1. The van der Waals surface area contributed by atoms with Gasteiger partial charge in [0, 0.05) is 56.5 Å². The fourth-order valence-corrected chi connectivity index (χ4v) is 5.17. The molecule has 4 rings (SSSR count). The maximum Gasteiger partial charge on any atom is 0.397 e. The Labute approximate surface area is 283 Å². The smallest absolute Gasteiger partial charge is 0.397 e. The van der Waals surface area contributed by atoms with Gasteiger partial charge >= 0.3 is 11.9 Å². The third-order valence-electron chi connectivity index (χ3n) is 7.43. The minimum atomic E-state index is -0.768. The summed E-state index contributed by atoms with van der Waals surface area (Å²) in [6.45, 7) is 13.2. The number of carbonyl (C=O) groups is 2. The van der Waals surface area contributed by atoms with Gasteiger partial charge in [0.05, 0.1) is 12.3 Å². The number of ether oxygens (including phenoxy) is 2. The molecular formula is C37H61N5O5. The number of carbonyl (C=O) groups excluding carboxylic acids is 2. The molecule has 0 spiro atoms. The van der Waals surface area contributed by atoms with E-state index in [1.54, 1.807) is 31.3 Å². The van der Waals surface area contributed by atoms with E-state index in [1.165, 1.54) is 31.2 Å². The number of benzene rings is 2. The molecule has 2 aromatic carbocycles. The predicted octanol–water partition coefficient (Wildman–Crippen LogP) is 5.78. The van der Waals surface area contributed by atoms with Gasteiger partial charge in [-0.2, -0.15) is 0 Å². The topological polar surface area (TPSA) is 157 Å². The largest absolute Gasteiger partial charge is 0.507 e. The second-order valence-electron chi connectivity index (χ2n) is 10.9. The molecule has 0 unspecified atom stereocenters. The van der Waals surface area contributed by atoms with Crippen LogP contribution in [0.1, 0.15) is 78.4 Å². The molecule has 2 heterocycles. The molecular weight excluding hydrogens is 594 g/mol. The van der Waals surface area contributed by atoms with Crippen molar-refractivity contribution in [2.24, 2.45) is 23.1 Å². The Morgan fingerprint density at radius 1 is 0.979 bits per heavy atom. The van der Waals surface area contributed by atoms with Crippen LogP contribution < -0.4 is 21.9 Å². The Bertz CT molecular complexity index is 1240. The van der Waals surface area contributed by atoms with Crippen molar-refractivity contribution in [1.29, 1.82) is 0 Å². The molecule has 264 valence electrons. The number of aryl methyl sites for hydroxylation is 1. The van der Waals surface area contributed by atoms with Crippen LogP contribution in [0.4, 0.5) is 0 Å². The van der Waals surface area contributed by atoms with E-state index in [2.05, 4.69) is 17.6 Å². The number of allylic oxidation sites excluding steroid dienone is 1. The van der Waals surface area contributed by atoms with Gasteiger partial charge in [-0.3, -0.25) is 4.79 Å². The SMILES string of the molecule is C.CC.CCOC(=O)C(=O)N1CCC(Oc2cccc(C)c2)CC1.CN.C[C@@H]1CCCCN(C(/C=C(\N)c2ccccc2O)=C\N)C1. The maximum atomic E-state index is 11.8. The fraction of sp³-hybridized carbons (Fsp3) is 0.514. The van der Waals surface area contributed by atoms with Crippen molar-refractivity contribution in [2.75, 3.05) is 39.8 Å². The standard InChI is InChI=1S/C17H25N3O.C16H21NO4.C2H6.CH5N.CH4/c1-13-6-4-5-9-20(12-13)14(11-18)10-16(19)15-7-2-3-8-17(15)21;1-3-20-16(19)15(18)17-9-7-13(8-10-17)21-14-6-4-5-12(2)11-14;2*1-2;/h2-3,7-8,10-11,13,21H,4-6,9,12,18-19H2,1H3;4-6,11,13H,3,7-10H2,1-2H3;1-2H3;2H2,1H3;1H4/b14-11-,16-10-;;;;/t13-;;;;/m1..../s1. The molecule has 2 saturated heterocycles. The molecule has 0 bridgehead atoms. The quantitative estimate of drug-likeness (QED) is 0.172. The zero-order valence-corrected chi connectivity index (χ0v) is 28.7. The molecule has 2 fully saturated rings. The highest BCUT2D eigenvalue weighted by molar-refractivity contribution is 6.32. The molecule has 10 nitrogen and oxygen atoms in total. The van der Waals surface area contributed by atoms with E-state index in [0.717, 1.165) is 42.9 Å². The molecule has 47 heavy (non-hydrogen) atoms. The number of hydrogen-bond donors (Lipinski definition) is 4. The van der Waals surface area contributed by atoms with Crippen LogP contribution in [-0.4, -0.2) is 72.7 Å². The summed E-state index contributed by atoms with van der Waals surface area (Å²) in [5.41, 5.74) is 19.7. The number of likely N-dealkylation sites (tertiary alicyclic amines) is 2. The first-order valence-corrected chi connectivity index (χ1v) is 16.4. The third kappa shape index (κ3) is 14.9. The first-order chi connectivity index (χ1) is 22.2. The van der Waals surface area contributed by atoms with E-state index in [-0.39, 0.29) is 25.9 Å². The van der Waals surface area contributed by atoms with Crippen LogP contribution in [0, 0.1) is 12.8 Å². The molecule has 0 aromatic heterocycles. The van der Waals surface area contributed by atoms with Crippen LogP contribution in [-0.2, 0) is 14.3 Å². The normalized spacial score (nSPS) is 16.7. The highest BCUT2D eigenvalue weighted by Gasteiger charge is 2.28. The van der Waals surface area contributed by atoms with Crippen molar-refractivity contribution in [3.05, 3.63) is 77.6 Å². The van der Waals surface area contributed by atoms with Crippen LogP contribution in [0.5, 0.6) is 11.5 Å². The van der Waals surface area contributed by atoms with Gasteiger partial charge in [-0.05, 0) is 75.6 Å². The highest BCUT2D eigenvalue weighted by Crippen LogP contribution is 2.25. The number of phenols is 1. The van der Waals surface area contributed by atoms with Crippen molar-refractivity contribution in [1.82, 2.24) is 9.80 Å². The van der Waals surface area contributed by atoms with Gasteiger partial charge in [0.15, 0.2) is 0 Å². The van der Waals surface area contributed by atoms with Crippen LogP contribution >= 0.6 is 0 Å². The molecule has 10 heteroatoms. The number of piperidine rings is 1. The zero-order chi connectivity index (χ0) is 34.5. The Morgan fingerprint density at radius 2 is 1.64 bits per heavy atom. The van der Waals surface area contributed by atoms with Gasteiger partial charge in [0.25, 0.3) is 0 Å². The number of nitrogens with two attached hydrogens (primary N) is 3. The van der Waals surface area contributed by atoms with Gasteiger partial charge in [-0.1, -0.05) is 58.9 Å². The number of amides is 1. The molecule has 2 aliphatic heterocycles. The molecule has 2 aliphatic rings. The summed E-state index contributed by atoms with van der Waals surface area (Å²) < 4.78 is 10.6. The Morgan fingerprint density at radius 3 is 2.23 bits per heavy atom. The van der Waals surface area contributed by atoms with Crippen LogP contribution in [0.3, 0.4) is 0 Å². The lowest BCUT2D eigenvalue weighted by Crippen LogP contribution is -2.45. The summed E-state index contributed by atoms with van der Waals surface area (Å²) in [4.78, 5) is 27.0. The molecule has 0 aliphatic carbocycles. The minimum absolute atomic E-state index is 0. The Kier molecular flexibility index (Phi) is 21.9. The number of aromatic hydroxyl groups is 1. The Hall–Kier alpha value is -4.18. The lowest BCUT2D eigenvalue weighted by Gasteiger charge is -2.31. The van der Waals surface area contributed by atoms with E-state index in [4.69, 9.17) is 20.9 Å². The van der Waals surface area contributed by atoms with E-state index in [1.807, 2.05) is 57.2 Å². The summed E-state index contributed by atoms with van der Waals surface area (Å²) >= 11 is 0. The van der Waals surface area contributed by atoms with E-state index in [0.29, 0.717) is 30.3 Å². The van der Waals surface area contributed by atoms with E-state index in [9.17, 15) is 14.7 Å². The van der Waals surface area contributed by atoms with Crippen molar-refractivity contribution in [3.8, 4) is 11.5 Å². The van der Waals surface area contributed by atoms with Crippen molar-refractivity contribution >= 4 is 17.6 Å². The predicted molar refractivity (Wildman–Crippen MR) is 193 cm³/mol. The maximum absolute atomic E-state index is 11.8. The second kappa shape index (κ2) is 24.1. The van der Waals surface area contributed by atoms with Crippen molar-refractivity contribution in [3.63, 3.8) is 0 Å². The van der Waals surface area contributed by atoms with Crippen molar-refractivity contribution < 1.29 is 24.2 Å². The number of phenolic OH excluding ortho intramolecular Hbond substituents is 1. The highest BCUT2D eigenvalue weighted by atomic mass is 16.5. The first-order valence-electron chi connectivity index (χ1n) is 16.4. The Balaban J connectivity index is 0.000000799. The molecule has 7 N–H and O–H groups in total. The van der Waals surface area contributed by atoms with E-state index >= 15 is 0 Å². The average Bonchev–Trinajstić information content (AvgIpc) is 3.30. The number of para-hydroxylation sites is 1. The summed E-state index contributed by atoms with van der Waals surface area (Å²) in [5, 5.41) is 9.88. The summed E-state index contributed by atoms with van der Waals surface area (Å²) in [5.74, 6) is 0.376. The second-order valence-corrected chi connectivity index (χ2v) is 10.9. The molecule has 1 atom stereocenters. The summed E-state index contributed by atoms with van der Waals surface area (Å²) in [7, 11) is 1.50. The molecule has 0 saturated carbocycles. The molecule has 0 radical (unpaired) electrons. The number of nitrogens with zero attached hydrogens (tertiary/aromatic N) is 2. The number of rotatable bonds is 6. The van der Waals surface area contributed by atoms with Gasteiger partial charge in [-0.25, -0.2) is 4.79 Å². The van der Waals surface area contributed by atoms with Crippen LogP contribution in [0.15, 0.2) is 66.5 Å². The van der Waals surface area contributed by atoms with E-state index < -0.39 is 11.9 Å². The third-order valence-corrected chi connectivity index (χ3v) is 7.43. The van der Waals surface area contributed by atoms with Gasteiger partial charge in [-0.15, -0.1) is 0 Å². The molecule has 1 amide bonds. The minimum Gasteiger partial charge on any atom is -0.507 e. The fourth-order valence-electron chi connectivity index (χ4n) is 5.17. The lowest BCUT2D eigenvalue weighted by molar-refractivity contribution is -0.160. The number of esters is 1. The monoisotopic (exact) mass is 655 g/mol. The first kappa shape index (κ1) is 42.8. The summed E-state index contributed by atoms with van der Waals surface area (Å²) in [6.07, 6.45) is 8.67. The van der Waals surface area contributed by atoms with Gasteiger partial charge in [0.2, 0.25) is 0 Å². The zero-order valence-electron chi connectivity index (χ0n) is 28.7. The molecule has 2 aromatic rings. The summed E-state index contributed by atoms with van der Waals surface area (Å²) in [6, 6.07) is 15.0. The van der Waals surface area contributed by atoms with Crippen molar-refractivity contribution in [2.45, 2.75) is 80.3 Å². The van der Waals surface area contributed by atoms with Gasteiger partial charge in [0.1, 0.15) is 17.6 Å². The van der Waals surface area contributed by atoms with Crippen LogP contribution in [0.2, 0.25) is 0 Å².